The molecular formula is C16H25NO. The lowest BCUT2D eigenvalue weighted by atomic mass is 10.00. The van der Waals surface area contributed by atoms with Crippen molar-refractivity contribution >= 4 is 0 Å². The Balaban J connectivity index is 1.84. The maximum Gasteiger partial charge on any atom is 0.0448 e. The van der Waals surface area contributed by atoms with Crippen LogP contribution in [0.3, 0.4) is 0 Å². The van der Waals surface area contributed by atoms with Gasteiger partial charge in [0.2, 0.25) is 0 Å². The molecule has 0 saturated heterocycles. The van der Waals surface area contributed by atoms with E-state index < -0.39 is 0 Å². The maximum absolute atomic E-state index is 8.98. The molecule has 1 aromatic carbocycles. The zero-order valence-electron chi connectivity index (χ0n) is 11.6. The minimum absolute atomic E-state index is 0.0332. The van der Waals surface area contributed by atoms with Crippen LogP contribution in [0.4, 0.5) is 0 Å². The number of fused-ring (bicyclic) bond motifs is 1. The normalized spacial score (nSPS) is 14.8. The maximum atomic E-state index is 8.98. The molecule has 100 valence electrons. The van der Waals surface area contributed by atoms with E-state index in [1.165, 1.54) is 24.8 Å². The van der Waals surface area contributed by atoms with E-state index in [9.17, 15) is 0 Å². The second kappa shape index (κ2) is 5.85. The molecule has 0 heterocycles. The standard InChI is InChI=1S/C16H25NO/c1-16(2,9-11-18)17-10-8-13-6-7-14-4-3-5-15(14)12-13/h6-7,12,17-18H,3-5,8-11H2,1-2H3. The van der Waals surface area contributed by atoms with Crippen molar-refractivity contribution < 1.29 is 5.11 Å². The van der Waals surface area contributed by atoms with Gasteiger partial charge in [-0.25, -0.2) is 0 Å². The lowest BCUT2D eigenvalue weighted by Gasteiger charge is -2.25. The predicted molar refractivity (Wildman–Crippen MR) is 76.0 cm³/mol. The average Bonchev–Trinajstić information content (AvgIpc) is 2.75. The number of aliphatic hydroxyl groups is 1. The third kappa shape index (κ3) is 3.56. The van der Waals surface area contributed by atoms with Crippen molar-refractivity contribution in [3.05, 3.63) is 34.9 Å². The van der Waals surface area contributed by atoms with E-state index in [-0.39, 0.29) is 12.1 Å². The van der Waals surface area contributed by atoms with Crippen molar-refractivity contribution in [2.45, 2.75) is 51.5 Å². The Morgan fingerprint density at radius 3 is 2.78 bits per heavy atom. The topological polar surface area (TPSA) is 32.3 Å². The molecule has 2 N–H and O–H groups in total. The van der Waals surface area contributed by atoms with Crippen LogP contribution in [0.2, 0.25) is 0 Å². The van der Waals surface area contributed by atoms with Gasteiger partial charge in [0.05, 0.1) is 0 Å². The fraction of sp³-hybridized carbons (Fsp3) is 0.625. The Bertz CT molecular complexity index is 398. The van der Waals surface area contributed by atoms with Crippen LogP contribution in [-0.2, 0) is 19.3 Å². The van der Waals surface area contributed by atoms with Crippen molar-refractivity contribution in [3.63, 3.8) is 0 Å². The van der Waals surface area contributed by atoms with Crippen molar-refractivity contribution in [2.75, 3.05) is 13.2 Å². The van der Waals surface area contributed by atoms with Gasteiger partial charge >= 0.3 is 0 Å². The summed E-state index contributed by atoms with van der Waals surface area (Å²) in [6.07, 6.45) is 5.71. The largest absolute Gasteiger partial charge is 0.396 e. The van der Waals surface area contributed by atoms with Crippen LogP contribution in [-0.4, -0.2) is 23.8 Å². The van der Waals surface area contributed by atoms with E-state index in [0.717, 1.165) is 19.4 Å². The first-order valence-corrected chi connectivity index (χ1v) is 7.07. The fourth-order valence-electron chi connectivity index (χ4n) is 2.69. The summed E-state index contributed by atoms with van der Waals surface area (Å²) in [5.41, 5.74) is 4.57. The van der Waals surface area contributed by atoms with Gasteiger partial charge in [0.1, 0.15) is 0 Å². The molecular weight excluding hydrogens is 222 g/mol. The zero-order chi connectivity index (χ0) is 13.0. The highest BCUT2D eigenvalue weighted by Gasteiger charge is 2.15. The SMILES string of the molecule is CC(C)(CCO)NCCc1ccc2c(c1)CCC2. The van der Waals surface area contributed by atoms with Crippen LogP contribution >= 0.6 is 0 Å². The van der Waals surface area contributed by atoms with Crippen LogP contribution in [0.25, 0.3) is 0 Å². The third-order valence-corrected chi connectivity index (χ3v) is 3.92. The Morgan fingerprint density at radius 1 is 1.22 bits per heavy atom. The van der Waals surface area contributed by atoms with Gasteiger partial charge < -0.3 is 10.4 Å². The molecule has 0 radical (unpaired) electrons. The third-order valence-electron chi connectivity index (χ3n) is 3.92. The average molecular weight is 247 g/mol. The van der Waals surface area contributed by atoms with Crippen LogP contribution in [0.5, 0.6) is 0 Å². The molecule has 0 amide bonds. The summed E-state index contributed by atoms with van der Waals surface area (Å²) in [6, 6.07) is 6.95. The molecule has 2 nitrogen and oxygen atoms in total. The molecule has 1 aromatic rings. The summed E-state index contributed by atoms with van der Waals surface area (Å²) in [5, 5.41) is 12.5. The fourth-order valence-corrected chi connectivity index (χ4v) is 2.69. The van der Waals surface area contributed by atoms with Crippen LogP contribution in [0.15, 0.2) is 18.2 Å². The minimum atomic E-state index is 0.0332. The lowest BCUT2D eigenvalue weighted by Crippen LogP contribution is -2.41. The molecule has 18 heavy (non-hydrogen) atoms. The van der Waals surface area contributed by atoms with Crippen molar-refractivity contribution in [2.24, 2.45) is 0 Å². The number of nitrogens with one attached hydrogen (secondary N) is 1. The summed E-state index contributed by atoms with van der Waals surface area (Å²) >= 11 is 0. The van der Waals surface area contributed by atoms with Gasteiger partial charge in [0.15, 0.2) is 0 Å². The molecule has 2 heteroatoms. The Kier molecular flexibility index (Phi) is 4.41. The molecule has 0 fully saturated rings. The number of hydrogen-bond acceptors (Lipinski definition) is 2. The molecule has 0 spiro atoms. The first-order valence-electron chi connectivity index (χ1n) is 7.07. The second-order valence-corrected chi connectivity index (χ2v) is 5.99. The summed E-state index contributed by atoms with van der Waals surface area (Å²) in [4.78, 5) is 0. The van der Waals surface area contributed by atoms with Gasteiger partial charge in [0, 0.05) is 12.1 Å². The van der Waals surface area contributed by atoms with E-state index in [1.54, 1.807) is 11.1 Å². The molecule has 0 bridgehead atoms. The Morgan fingerprint density at radius 2 is 2.00 bits per heavy atom. The van der Waals surface area contributed by atoms with Gasteiger partial charge in [-0.2, -0.15) is 0 Å². The van der Waals surface area contributed by atoms with Gasteiger partial charge in [-0.15, -0.1) is 0 Å². The van der Waals surface area contributed by atoms with Crippen LogP contribution in [0.1, 0.15) is 43.4 Å². The van der Waals surface area contributed by atoms with Gasteiger partial charge in [-0.1, -0.05) is 18.2 Å². The number of aliphatic hydroxyl groups excluding tert-OH is 1. The van der Waals surface area contributed by atoms with Crippen molar-refractivity contribution in [3.8, 4) is 0 Å². The second-order valence-electron chi connectivity index (χ2n) is 5.99. The predicted octanol–water partition coefficient (Wildman–Crippen LogP) is 2.47. The molecule has 0 aliphatic heterocycles. The Hall–Kier alpha value is -0.860. The number of benzene rings is 1. The highest BCUT2D eigenvalue weighted by molar-refractivity contribution is 5.35. The highest BCUT2D eigenvalue weighted by atomic mass is 16.3. The number of aryl methyl sites for hydroxylation is 2. The summed E-state index contributed by atoms with van der Waals surface area (Å²) in [7, 11) is 0. The number of rotatable bonds is 6. The summed E-state index contributed by atoms with van der Waals surface area (Å²) in [5.74, 6) is 0. The number of hydrogen-bond donors (Lipinski definition) is 2. The van der Waals surface area contributed by atoms with E-state index in [4.69, 9.17) is 5.11 Å². The van der Waals surface area contributed by atoms with Gasteiger partial charge in [-0.3, -0.25) is 0 Å². The molecule has 0 saturated carbocycles. The van der Waals surface area contributed by atoms with Crippen molar-refractivity contribution in [1.82, 2.24) is 5.32 Å². The smallest absolute Gasteiger partial charge is 0.0448 e. The lowest BCUT2D eigenvalue weighted by molar-refractivity contribution is 0.231. The van der Waals surface area contributed by atoms with Gasteiger partial charge in [-0.05, 0) is 69.2 Å². The Labute approximate surface area is 110 Å². The molecule has 0 atom stereocenters. The van der Waals surface area contributed by atoms with E-state index in [2.05, 4.69) is 37.4 Å². The van der Waals surface area contributed by atoms with Gasteiger partial charge in [0.25, 0.3) is 0 Å². The van der Waals surface area contributed by atoms with Crippen molar-refractivity contribution in [1.29, 1.82) is 0 Å². The molecule has 0 unspecified atom stereocenters. The zero-order valence-corrected chi connectivity index (χ0v) is 11.6. The van der Waals surface area contributed by atoms with Crippen LogP contribution in [0, 0.1) is 0 Å². The van der Waals surface area contributed by atoms with E-state index >= 15 is 0 Å². The molecule has 1 aliphatic rings. The van der Waals surface area contributed by atoms with Crippen LogP contribution < -0.4 is 5.32 Å². The van der Waals surface area contributed by atoms with E-state index in [1.807, 2.05) is 0 Å². The molecule has 0 aromatic heterocycles. The monoisotopic (exact) mass is 247 g/mol. The molecule has 1 aliphatic carbocycles. The first kappa shape index (κ1) is 13.6. The molecule has 2 rings (SSSR count). The quantitative estimate of drug-likeness (QED) is 0.809. The summed E-state index contributed by atoms with van der Waals surface area (Å²) < 4.78 is 0. The highest BCUT2D eigenvalue weighted by Crippen LogP contribution is 2.22. The summed E-state index contributed by atoms with van der Waals surface area (Å²) in [6.45, 7) is 5.52. The van der Waals surface area contributed by atoms with E-state index in [0.29, 0.717) is 0 Å². The minimum Gasteiger partial charge on any atom is -0.396 e. The first-order chi connectivity index (χ1) is 8.61.